The highest BCUT2D eigenvalue weighted by atomic mass is 35.5. The minimum absolute atomic E-state index is 0.352. The number of hydrogen-bond acceptors (Lipinski definition) is 4. The maximum Gasteiger partial charge on any atom is 0.329 e. The number of hydrogen-bond donors (Lipinski definition) is 1. The van der Waals surface area contributed by atoms with Gasteiger partial charge in [0.05, 0.1) is 11.4 Å². The van der Waals surface area contributed by atoms with Crippen molar-refractivity contribution >= 4 is 29.2 Å². The number of nitrogens with zero attached hydrogens (tertiary/aromatic N) is 3. The summed E-state index contributed by atoms with van der Waals surface area (Å²) in [6.07, 6.45) is 1.58. The van der Waals surface area contributed by atoms with E-state index in [0.717, 1.165) is 4.90 Å². The second-order valence-corrected chi connectivity index (χ2v) is 6.42. The van der Waals surface area contributed by atoms with Gasteiger partial charge in [0.15, 0.2) is 6.04 Å². The minimum Gasteiger partial charge on any atom is -0.457 e. The molecule has 1 atom stereocenters. The molecule has 2 heterocycles. The third-order valence-electron chi connectivity index (χ3n) is 4.24. The Kier molecular flexibility index (Phi) is 4.29. The molecule has 7 nitrogen and oxygen atoms in total. The first-order chi connectivity index (χ1) is 13.0. The van der Waals surface area contributed by atoms with E-state index in [1.807, 2.05) is 0 Å². The van der Waals surface area contributed by atoms with E-state index in [0.29, 0.717) is 27.9 Å². The Bertz CT molecular complexity index is 999. The monoisotopic (exact) mass is 382 g/mol. The van der Waals surface area contributed by atoms with Crippen LogP contribution in [0.3, 0.4) is 0 Å². The Morgan fingerprint density at radius 3 is 2.22 bits per heavy atom. The van der Waals surface area contributed by atoms with Crippen LogP contribution in [-0.4, -0.2) is 21.7 Å². The fraction of sp³-hybridized carbons (Fsp3) is 0.105. The number of anilines is 1. The zero-order valence-electron chi connectivity index (χ0n) is 14.3. The van der Waals surface area contributed by atoms with Crippen LogP contribution in [0, 0.1) is 0 Å². The smallest absolute Gasteiger partial charge is 0.329 e. The van der Waals surface area contributed by atoms with Crippen LogP contribution >= 0.6 is 11.6 Å². The molecule has 0 aliphatic carbocycles. The van der Waals surface area contributed by atoms with E-state index < -0.39 is 12.1 Å². The molecule has 1 aromatic heterocycles. The van der Waals surface area contributed by atoms with Crippen LogP contribution in [0.25, 0.3) is 0 Å². The second-order valence-electron chi connectivity index (χ2n) is 5.99. The number of carbonyl (C=O) groups excluding carboxylic acids is 2. The van der Waals surface area contributed by atoms with E-state index in [4.69, 9.17) is 16.3 Å². The Balaban J connectivity index is 1.53. The molecule has 1 N–H and O–H groups in total. The number of aromatic nitrogens is 2. The van der Waals surface area contributed by atoms with Gasteiger partial charge >= 0.3 is 6.03 Å². The molecule has 0 saturated carbocycles. The standard InChI is InChI=1S/C19H15ClN4O3/c1-23-16(10-11-21-23)17-18(25)24(19(26)22-17)13-4-8-15(9-5-13)27-14-6-2-12(20)3-7-14/h2-11,17H,1H3,(H,22,26). The van der Waals surface area contributed by atoms with Gasteiger partial charge in [0.2, 0.25) is 0 Å². The molecule has 8 heteroatoms. The van der Waals surface area contributed by atoms with Crippen LogP contribution in [-0.2, 0) is 11.8 Å². The number of aryl methyl sites for hydroxylation is 1. The summed E-state index contributed by atoms with van der Waals surface area (Å²) in [6.45, 7) is 0. The molecule has 2 aromatic carbocycles. The van der Waals surface area contributed by atoms with Crippen molar-refractivity contribution in [3.8, 4) is 11.5 Å². The van der Waals surface area contributed by atoms with Crippen molar-refractivity contribution in [1.29, 1.82) is 0 Å². The Morgan fingerprint density at radius 2 is 1.63 bits per heavy atom. The topological polar surface area (TPSA) is 76.5 Å². The van der Waals surface area contributed by atoms with Gasteiger partial charge in [0.1, 0.15) is 11.5 Å². The van der Waals surface area contributed by atoms with Crippen molar-refractivity contribution in [2.45, 2.75) is 6.04 Å². The summed E-state index contributed by atoms with van der Waals surface area (Å²) < 4.78 is 7.29. The molecule has 27 heavy (non-hydrogen) atoms. The van der Waals surface area contributed by atoms with Crippen LogP contribution in [0.4, 0.5) is 10.5 Å². The van der Waals surface area contributed by atoms with Gasteiger partial charge in [-0.1, -0.05) is 11.6 Å². The lowest BCUT2D eigenvalue weighted by Crippen LogP contribution is -2.30. The number of nitrogens with one attached hydrogen (secondary N) is 1. The quantitative estimate of drug-likeness (QED) is 0.698. The average molecular weight is 383 g/mol. The summed E-state index contributed by atoms with van der Waals surface area (Å²) in [5, 5.41) is 7.36. The zero-order valence-corrected chi connectivity index (χ0v) is 15.1. The van der Waals surface area contributed by atoms with E-state index in [-0.39, 0.29) is 5.91 Å². The summed E-state index contributed by atoms with van der Waals surface area (Å²) in [5.74, 6) is 0.865. The van der Waals surface area contributed by atoms with E-state index in [9.17, 15) is 9.59 Å². The largest absolute Gasteiger partial charge is 0.457 e. The van der Waals surface area contributed by atoms with Crippen LogP contribution in [0.5, 0.6) is 11.5 Å². The summed E-state index contributed by atoms with van der Waals surface area (Å²) in [6, 6.07) is 14.2. The highest BCUT2D eigenvalue weighted by molar-refractivity contribution is 6.30. The van der Waals surface area contributed by atoms with E-state index >= 15 is 0 Å². The number of amides is 3. The van der Waals surface area contributed by atoms with Gasteiger partial charge in [-0.3, -0.25) is 9.48 Å². The van der Waals surface area contributed by atoms with Crippen LogP contribution in [0.1, 0.15) is 11.7 Å². The molecule has 1 saturated heterocycles. The summed E-state index contributed by atoms with van der Waals surface area (Å²) in [4.78, 5) is 26.2. The fourth-order valence-corrected chi connectivity index (χ4v) is 3.02. The molecular weight excluding hydrogens is 368 g/mol. The lowest BCUT2D eigenvalue weighted by Gasteiger charge is -2.14. The SMILES string of the molecule is Cn1nccc1C1NC(=O)N(c2ccc(Oc3ccc(Cl)cc3)cc2)C1=O. The molecule has 1 aliphatic heterocycles. The maximum absolute atomic E-state index is 12.7. The molecule has 0 spiro atoms. The van der Waals surface area contributed by atoms with E-state index in [2.05, 4.69) is 10.4 Å². The van der Waals surface area contributed by atoms with Crippen molar-refractivity contribution in [2.24, 2.45) is 7.05 Å². The number of rotatable bonds is 4. The molecule has 4 rings (SSSR count). The Morgan fingerprint density at radius 1 is 1.00 bits per heavy atom. The molecule has 136 valence electrons. The van der Waals surface area contributed by atoms with Crippen LogP contribution in [0.2, 0.25) is 5.02 Å². The molecule has 3 amide bonds. The normalized spacial score (nSPS) is 16.5. The van der Waals surface area contributed by atoms with Crippen LogP contribution in [0.15, 0.2) is 60.8 Å². The highest BCUT2D eigenvalue weighted by Gasteiger charge is 2.41. The van der Waals surface area contributed by atoms with Gasteiger partial charge in [-0.2, -0.15) is 5.10 Å². The number of urea groups is 1. The summed E-state index contributed by atoms with van der Waals surface area (Å²) >= 11 is 5.86. The van der Waals surface area contributed by atoms with Crippen molar-refractivity contribution in [1.82, 2.24) is 15.1 Å². The van der Waals surface area contributed by atoms with Gasteiger partial charge < -0.3 is 10.1 Å². The lowest BCUT2D eigenvalue weighted by atomic mass is 10.2. The highest BCUT2D eigenvalue weighted by Crippen LogP contribution is 2.29. The first-order valence-corrected chi connectivity index (χ1v) is 8.56. The molecule has 1 fully saturated rings. The van der Waals surface area contributed by atoms with Gasteiger partial charge in [-0.05, 0) is 54.6 Å². The number of carbonyl (C=O) groups is 2. The molecule has 1 unspecified atom stereocenters. The number of halogens is 1. The Hall–Kier alpha value is -3.32. The number of imide groups is 1. The van der Waals surface area contributed by atoms with E-state index in [1.165, 1.54) is 0 Å². The zero-order chi connectivity index (χ0) is 19.0. The molecule has 0 bridgehead atoms. The maximum atomic E-state index is 12.7. The fourth-order valence-electron chi connectivity index (χ4n) is 2.89. The van der Waals surface area contributed by atoms with Crippen molar-refractivity contribution in [3.63, 3.8) is 0 Å². The average Bonchev–Trinajstić information content (AvgIpc) is 3.20. The van der Waals surface area contributed by atoms with Crippen molar-refractivity contribution in [2.75, 3.05) is 4.90 Å². The molecule has 1 aliphatic rings. The second kappa shape index (κ2) is 6.77. The van der Waals surface area contributed by atoms with Crippen LogP contribution < -0.4 is 15.0 Å². The molecular formula is C19H15ClN4O3. The third kappa shape index (κ3) is 3.24. The molecule has 3 aromatic rings. The molecule has 0 radical (unpaired) electrons. The predicted octanol–water partition coefficient (Wildman–Crippen LogP) is 3.66. The van der Waals surface area contributed by atoms with Crippen molar-refractivity contribution in [3.05, 3.63) is 71.5 Å². The predicted molar refractivity (Wildman–Crippen MR) is 99.9 cm³/mol. The summed E-state index contributed by atoms with van der Waals surface area (Å²) in [5.41, 5.74) is 1.09. The first kappa shape index (κ1) is 17.1. The third-order valence-corrected chi connectivity index (χ3v) is 4.49. The minimum atomic E-state index is -0.755. The number of benzene rings is 2. The van der Waals surface area contributed by atoms with Gasteiger partial charge in [0, 0.05) is 18.3 Å². The van der Waals surface area contributed by atoms with E-state index in [1.54, 1.807) is 72.5 Å². The number of ether oxygens (including phenoxy) is 1. The lowest BCUT2D eigenvalue weighted by molar-refractivity contribution is -0.118. The first-order valence-electron chi connectivity index (χ1n) is 8.19. The van der Waals surface area contributed by atoms with Gasteiger partial charge in [-0.15, -0.1) is 0 Å². The van der Waals surface area contributed by atoms with Gasteiger partial charge in [-0.25, -0.2) is 9.69 Å². The van der Waals surface area contributed by atoms with Gasteiger partial charge in [0.25, 0.3) is 5.91 Å². The Labute approximate surface area is 160 Å². The summed E-state index contributed by atoms with van der Waals surface area (Å²) in [7, 11) is 1.72. The van der Waals surface area contributed by atoms with Crippen molar-refractivity contribution < 1.29 is 14.3 Å².